The Labute approximate surface area is 97.5 Å². The molecule has 1 rings (SSSR count). The second-order valence-corrected chi connectivity index (χ2v) is 4.48. The minimum atomic E-state index is -0.262. The SMILES string of the molecule is CN(C)CC(NN)c1cccc(Br)c1F. The molecule has 15 heavy (non-hydrogen) atoms. The van der Waals surface area contributed by atoms with Gasteiger partial charge in [-0.1, -0.05) is 12.1 Å². The Morgan fingerprint density at radius 3 is 2.73 bits per heavy atom. The Morgan fingerprint density at radius 1 is 1.53 bits per heavy atom. The second kappa shape index (κ2) is 5.55. The number of nitrogens with one attached hydrogen (secondary N) is 1. The van der Waals surface area contributed by atoms with Crippen LogP contribution in [0.2, 0.25) is 0 Å². The van der Waals surface area contributed by atoms with Gasteiger partial charge in [0.1, 0.15) is 5.82 Å². The predicted molar refractivity (Wildman–Crippen MR) is 62.7 cm³/mol. The fraction of sp³-hybridized carbons (Fsp3) is 0.400. The van der Waals surface area contributed by atoms with Crippen LogP contribution in [0.1, 0.15) is 11.6 Å². The van der Waals surface area contributed by atoms with Gasteiger partial charge < -0.3 is 4.90 Å². The van der Waals surface area contributed by atoms with E-state index in [1.54, 1.807) is 18.2 Å². The third-order valence-electron chi connectivity index (χ3n) is 2.11. The lowest BCUT2D eigenvalue weighted by Gasteiger charge is -2.21. The van der Waals surface area contributed by atoms with Crippen LogP contribution in [0.25, 0.3) is 0 Å². The summed E-state index contributed by atoms with van der Waals surface area (Å²) in [6.07, 6.45) is 0. The van der Waals surface area contributed by atoms with Crippen LogP contribution in [0.4, 0.5) is 4.39 Å². The van der Waals surface area contributed by atoms with Crippen LogP contribution < -0.4 is 11.3 Å². The Bertz CT molecular complexity index is 330. The molecule has 1 aromatic rings. The lowest BCUT2D eigenvalue weighted by Crippen LogP contribution is -2.36. The van der Waals surface area contributed by atoms with Crippen LogP contribution in [0.15, 0.2) is 22.7 Å². The molecule has 1 atom stereocenters. The van der Waals surface area contributed by atoms with Gasteiger partial charge in [0.2, 0.25) is 0 Å². The van der Waals surface area contributed by atoms with Gasteiger partial charge in [-0.05, 0) is 36.1 Å². The topological polar surface area (TPSA) is 41.3 Å². The molecule has 3 nitrogen and oxygen atoms in total. The minimum absolute atomic E-state index is 0.211. The summed E-state index contributed by atoms with van der Waals surface area (Å²) in [7, 11) is 3.83. The summed E-state index contributed by atoms with van der Waals surface area (Å²) >= 11 is 3.15. The number of benzene rings is 1. The van der Waals surface area contributed by atoms with E-state index in [0.29, 0.717) is 16.6 Å². The average Bonchev–Trinajstić information content (AvgIpc) is 2.19. The molecule has 1 unspecified atom stereocenters. The Kier molecular flexibility index (Phi) is 4.66. The van der Waals surface area contributed by atoms with Crippen molar-refractivity contribution in [1.82, 2.24) is 10.3 Å². The zero-order valence-electron chi connectivity index (χ0n) is 8.80. The molecule has 0 aromatic heterocycles. The van der Waals surface area contributed by atoms with Crippen molar-refractivity contribution in [3.63, 3.8) is 0 Å². The molecule has 0 amide bonds. The van der Waals surface area contributed by atoms with Gasteiger partial charge in [0.15, 0.2) is 0 Å². The summed E-state index contributed by atoms with van der Waals surface area (Å²) in [5.41, 5.74) is 3.19. The van der Waals surface area contributed by atoms with Crippen molar-refractivity contribution in [1.29, 1.82) is 0 Å². The summed E-state index contributed by atoms with van der Waals surface area (Å²) < 4.78 is 14.2. The number of nitrogens with two attached hydrogens (primary N) is 1. The Morgan fingerprint density at radius 2 is 2.20 bits per heavy atom. The van der Waals surface area contributed by atoms with Crippen molar-refractivity contribution >= 4 is 15.9 Å². The fourth-order valence-corrected chi connectivity index (χ4v) is 1.78. The Balaban J connectivity index is 2.96. The first-order valence-electron chi connectivity index (χ1n) is 4.61. The lowest BCUT2D eigenvalue weighted by molar-refractivity contribution is 0.338. The largest absolute Gasteiger partial charge is 0.307 e. The van der Waals surface area contributed by atoms with E-state index < -0.39 is 0 Å². The van der Waals surface area contributed by atoms with Gasteiger partial charge in [0.25, 0.3) is 0 Å². The number of hydrogen-bond acceptors (Lipinski definition) is 3. The van der Waals surface area contributed by atoms with Gasteiger partial charge in [-0.15, -0.1) is 0 Å². The van der Waals surface area contributed by atoms with Crippen molar-refractivity contribution in [2.75, 3.05) is 20.6 Å². The smallest absolute Gasteiger partial charge is 0.142 e. The van der Waals surface area contributed by atoms with Crippen LogP contribution in [0.5, 0.6) is 0 Å². The summed E-state index contributed by atoms with van der Waals surface area (Å²) in [6.45, 7) is 0.643. The molecule has 0 fully saturated rings. The molecule has 5 heteroatoms. The number of hydrogen-bond donors (Lipinski definition) is 2. The molecule has 1 aromatic carbocycles. The van der Waals surface area contributed by atoms with E-state index in [1.165, 1.54) is 0 Å². The van der Waals surface area contributed by atoms with Crippen LogP contribution in [-0.2, 0) is 0 Å². The monoisotopic (exact) mass is 275 g/mol. The van der Waals surface area contributed by atoms with Crippen molar-refractivity contribution in [3.8, 4) is 0 Å². The van der Waals surface area contributed by atoms with E-state index in [2.05, 4.69) is 21.4 Å². The zero-order chi connectivity index (χ0) is 11.4. The van der Waals surface area contributed by atoms with E-state index >= 15 is 0 Å². The third-order valence-corrected chi connectivity index (χ3v) is 2.72. The molecule has 0 saturated heterocycles. The Hall–Kier alpha value is -0.490. The zero-order valence-corrected chi connectivity index (χ0v) is 10.4. The number of halogens is 2. The number of likely N-dealkylation sites (N-methyl/N-ethyl adjacent to an activating group) is 1. The van der Waals surface area contributed by atoms with Gasteiger partial charge >= 0.3 is 0 Å². The summed E-state index contributed by atoms with van der Waals surface area (Å²) in [6, 6.07) is 4.98. The van der Waals surface area contributed by atoms with Crippen LogP contribution in [0.3, 0.4) is 0 Å². The van der Waals surface area contributed by atoms with E-state index in [-0.39, 0.29) is 11.9 Å². The highest BCUT2D eigenvalue weighted by atomic mass is 79.9. The summed E-state index contributed by atoms with van der Waals surface area (Å²) in [5, 5.41) is 0. The molecular weight excluding hydrogens is 261 g/mol. The molecule has 0 aliphatic carbocycles. The van der Waals surface area contributed by atoms with Crippen LogP contribution in [-0.4, -0.2) is 25.5 Å². The first-order chi connectivity index (χ1) is 7.06. The summed E-state index contributed by atoms with van der Waals surface area (Å²) in [5.74, 6) is 5.15. The molecule has 0 heterocycles. The second-order valence-electron chi connectivity index (χ2n) is 3.62. The average molecular weight is 276 g/mol. The molecule has 0 aliphatic heterocycles. The predicted octanol–water partition coefficient (Wildman–Crippen LogP) is 1.65. The van der Waals surface area contributed by atoms with Gasteiger partial charge in [-0.25, -0.2) is 4.39 Å². The molecule has 0 spiro atoms. The lowest BCUT2D eigenvalue weighted by atomic mass is 10.1. The number of rotatable bonds is 4. The van der Waals surface area contributed by atoms with Crippen molar-refractivity contribution in [3.05, 3.63) is 34.1 Å². The van der Waals surface area contributed by atoms with Gasteiger partial charge in [0.05, 0.1) is 10.5 Å². The standard InChI is InChI=1S/C10H15BrFN3/c1-15(2)6-9(14-13)7-4-3-5-8(11)10(7)12/h3-5,9,14H,6,13H2,1-2H3. The molecule has 0 bridgehead atoms. The van der Waals surface area contributed by atoms with E-state index in [9.17, 15) is 4.39 Å². The van der Waals surface area contributed by atoms with E-state index in [0.717, 1.165) is 0 Å². The quantitative estimate of drug-likeness (QED) is 0.649. The van der Waals surface area contributed by atoms with Crippen molar-refractivity contribution in [2.24, 2.45) is 5.84 Å². The number of hydrazine groups is 1. The highest BCUT2D eigenvalue weighted by molar-refractivity contribution is 9.10. The maximum atomic E-state index is 13.7. The van der Waals surface area contributed by atoms with Crippen molar-refractivity contribution in [2.45, 2.75) is 6.04 Å². The van der Waals surface area contributed by atoms with E-state index in [1.807, 2.05) is 19.0 Å². The van der Waals surface area contributed by atoms with Gasteiger partial charge in [-0.2, -0.15) is 0 Å². The van der Waals surface area contributed by atoms with E-state index in [4.69, 9.17) is 5.84 Å². The normalized spacial score (nSPS) is 13.2. The molecular formula is C10H15BrFN3. The number of nitrogens with zero attached hydrogens (tertiary/aromatic N) is 1. The minimum Gasteiger partial charge on any atom is -0.307 e. The van der Waals surface area contributed by atoms with Crippen LogP contribution >= 0.6 is 15.9 Å². The maximum absolute atomic E-state index is 13.7. The third kappa shape index (κ3) is 3.24. The van der Waals surface area contributed by atoms with Crippen LogP contribution in [0, 0.1) is 5.82 Å². The first-order valence-corrected chi connectivity index (χ1v) is 5.40. The fourth-order valence-electron chi connectivity index (χ4n) is 1.40. The molecule has 0 saturated carbocycles. The molecule has 84 valence electrons. The molecule has 0 aliphatic rings. The molecule has 3 N–H and O–H groups in total. The van der Waals surface area contributed by atoms with Gasteiger partial charge in [0, 0.05) is 12.1 Å². The first kappa shape index (κ1) is 12.6. The van der Waals surface area contributed by atoms with Crippen molar-refractivity contribution < 1.29 is 4.39 Å². The maximum Gasteiger partial charge on any atom is 0.142 e. The summed E-state index contributed by atoms with van der Waals surface area (Å²) in [4.78, 5) is 1.95. The highest BCUT2D eigenvalue weighted by Gasteiger charge is 2.16. The van der Waals surface area contributed by atoms with Gasteiger partial charge in [-0.3, -0.25) is 11.3 Å². The highest BCUT2D eigenvalue weighted by Crippen LogP contribution is 2.23. The molecule has 0 radical (unpaired) electrons.